The fourth-order valence-corrected chi connectivity index (χ4v) is 2.23. The van der Waals surface area contributed by atoms with Gasteiger partial charge in [-0.1, -0.05) is 24.3 Å². The number of para-hydroxylation sites is 1. The summed E-state index contributed by atoms with van der Waals surface area (Å²) in [5.41, 5.74) is 7.19. The Morgan fingerprint density at radius 2 is 1.86 bits per heavy atom. The number of esters is 1. The summed E-state index contributed by atoms with van der Waals surface area (Å²) in [6.07, 6.45) is 0. The van der Waals surface area contributed by atoms with Crippen LogP contribution in [0.4, 0.5) is 5.69 Å². The van der Waals surface area contributed by atoms with Crippen molar-refractivity contribution >= 4 is 28.4 Å². The Morgan fingerprint density at radius 1 is 1.09 bits per heavy atom. The van der Waals surface area contributed by atoms with Gasteiger partial charge < -0.3 is 14.9 Å². The number of furan rings is 1. The molecule has 0 aliphatic rings. The molecule has 110 valence electrons. The maximum atomic E-state index is 12.6. The average Bonchev–Trinajstić information content (AvgIpc) is 2.84. The number of ketones is 1. The molecule has 0 amide bonds. The standard InChI is InChI=1S/C17H13NO4/c1-10(19)21-12-6-4-5-11(9-12)16(20)17-15(18)13-7-2-3-8-14(13)22-17/h2-9H,18H2,1H3. The number of nitrogens with two attached hydrogens (primary N) is 1. The van der Waals surface area contributed by atoms with E-state index in [9.17, 15) is 9.59 Å². The van der Waals surface area contributed by atoms with E-state index in [2.05, 4.69) is 0 Å². The van der Waals surface area contributed by atoms with E-state index in [-0.39, 0.29) is 11.5 Å². The molecule has 5 nitrogen and oxygen atoms in total. The zero-order valence-electron chi connectivity index (χ0n) is 11.8. The first-order chi connectivity index (χ1) is 10.6. The van der Waals surface area contributed by atoms with Crippen molar-refractivity contribution < 1.29 is 18.7 Å². The minimum absolute atomic E-state index is 0.0844. The molecule has 22 heavy (non-hydrogen) atoms. The van der Waals surface area contributed by atoms with Crippen LogP contribution in [0.25, 0.3) is 11.0 Å². The highest BCUT2D eigenvalue weighted by Gasteiger charge is 2.20. The predicted molar refractivity (Wildman–Crippen MR) is 81.8 cm³/mol. The van der Waals surface area contributed by atoms with Crippen molar-refractivity contribution in [1.82, 2.24) is 0 Å². The molecule has 0 spiro atoms. The first kappa shape index (κ1) is 13.9. The van der Waals surface area contributed by atoms with E-state index in [1.165, 1.54) is 13.0 Å². The van der Waals surface area contributed by atoms with Crippen LogP contribution in [0.15, 0.2) is 52.9 Å². The highest BCUT2D eigenvalue weighted by Crippen LogP contribution is 2.30. The summed E-state index contributed by atoms with van der Waals surface area (Å²) in [4.78, 5) is 23.6. The third-order valence-corrected chi connectivity index (χ3v) is 3.20. The van der Waals surface area contributed by atoms with E-state index >= 15 is 0 Å². The lowest BCUT2D eigenvalue weighted by Gasteiger charge is -2.03. The first-order valence-electron chi connectivity index (χ1n) is 6.66. The molecule has 0 fully saturated rings. The largest absolute Gasteiger partial charge is 0.450 e. The van der Waals surface area contributed by atoms with E-state index in [4.69, 9.17) is 14.9 Å². The molecule has 3 rings (SSSR count). The van der Waals surface area contributed by atoms with Crippen molar-refractivity contribution in [2.75, 3.05) is 5.73 Å². The summed E-state index contributed by atoms with van der Waals surface area (Å²) in [7, 11) is 0. The third-order valence-electron chi connectivity index (χ3n) is 3.20. The average molecular weight is 295 g/mol. The van der Waals surface area contributed by atoms with Gasteiger partial charge in [0.1, 0.15) is 11.3 Å². The number of ether oxygens (including phenoxy) is 1. The maximum absolute atomic E-state index is 12.6. The second-order valence-corrected chi connectivity index (χ2v) is 4.79. The van der Waals surface area contributed by atoms with Crippen molar-refractivity contribution in [3.05, 3.63) is 59.9 Å². The summed E-state index contributed by atoms with van der Waals surface area (Å²) in [5, 5.41) is 0.696. The van der Waals surface area contributed by atoms with Crippen LogP contribution >= 0.6 is 0 Å². The molecule has 0 aliphatic carbocycles. The predicted octanol–water partition coefficient (Wildman–Crippen LogP) is 3.17. The highest BCUT2D eigenvalue weighted by atomic mass is 16.5. The number of benzene rings is 2. The van der Waals surface area contributed by atoms with Gasteiger partial charge in [-0.15, -0.1) is 0 Å². The number of carbonyl (C=O) groups is 2. The molecule has 0 atom stereocenters. The summed E-state index contributed by atoms with van der Waals surface area (Å²) >= 11 is 0. The number of hydrogen-bond donors (Lipinski definition) is 1. The van der Waals surface area contributed by atoms with E-state index in [1.807, 2.05) is 6.07 Å². The van der Waals surface area contributed by atoms with Crippen molar-refractivity contribution in [3.8, 4) is 5.75 Å². The Hall–Kier alpha value is -3.08. The normalized spacial score (nSPS) is 10.6. The second-order valence-electron chi connectivity index (χ2n) is 4.79. The van der Waals surface area contributed by atoms with Gasteiger partial charge >= 0.3 is 5.97 Å². The lowest BCUT2D eigenvalue weighted by atomic mass is 10.1. The molecule has 1 aromatic heterocycles. The number of carbonyl (C=O) groups excluding carboxylic acids is 2. The van der Waals surface area contributed by atoms with Crippen LogP contribution in [0.2, 0.25) is 0 Å². The Balaban J connectivity index is 2.02. The second kappa shape index (κ2) is 5.37. The quantitative estimate of drug-likeness (QED) is 0.456. The monoisotopic (exact) mass is 295 g/mol. The number of anilines is 1. The van der Waals surface area contributed by atoms with Gasteiger partial charge in [0.05, 0.1) is 5.69 Å². The summed E-state index contributed by atoms with van der Waals surface area (Å²) in [6.45, 7) is 1.30. The molecule has 1 heterocycles. The smallest absolute Gasteiger partial charge is 0.308 e. The Morgan fingerprint density at radius 3 is 2.59 bits per heavy atom. The molecule has 0 saturated carbocycles. The minimum atomic E-state index is -0.451. The number of rotatable bonds is 3. The maximum Gasteiger partial charge on any atom is 0.308 e. The fraction of sp³-hybridized carbons (Fsp3) is 0.0588. The molecule has 0 bridgehead atoms. The Labute approximate surface area is 126 Å². The third kappa shape index (κ3) is 2.44. The topological polar surface area (TPSA) is 82.5 Å². The van der Waals surface area contributed by atoms with Crippen molar-refractivity contribution in [3.63, 3.8) is 0 Å². The molecule has 5 heteroatoms. The van der Waals surface area contributed by atoms with Gasteiger partial charge in [0.25, 0.3) is 0 Å². The van der Waals surface area contributed by atoms with Crippen LogP contribution in [0, 0.1) is 0 Å². The lowest BCUT2D eigenvalue weighted by molar-refractivity contribution is -0.131. The van der Waals surface area contributed by atoms with Gasteiger partial charge in [-0.25, -0.2) is 0 Å². The molecule has 0 saturated heterocycles. The lowest BCUT2D eigenvalue weighted by Crippen LogP contribution is -2.05. The molecule has 0 aliphatic heterocycles. The van der Waals surface area contributed by atoms with Crippen molar-refractivity contribution in [2.24, 2.45) is 0 Å². The first-order valence-corrected chi connectivity index (χ1v) is 6.66. The molecule has 0 unspecified atom stereocenters. The van der Waals surface area contributed by atoms with E-state index in [0.29, 0.717) is 28.0 Å². The van der Waals surface area contributed by atoms with Gasteiger partial charge in [0.15, 0.2) is 5.76 Å². The van der Waals surface area contributed by atoms with Gasteiger partial charge in [-0.05, 0) is 24.3 Å². The molecule has 3 aromatic rings. The Bertz CT molecular complexity index is 879. The van der Waals surface area contributed by atoms with Gasteiger partial charge in [-0.2, -0.15) is 0 Å². The zero-order chi connectivity index (χ0) is 15.7. The zero-order valence-corrected chi connectivity index (χ0v) is 11.8. The van der Waals surface area contributed by atoms with Crippen LogP contribution in [0.5, 0.6) is 5.75 Å². The van der Waals surface area contributed by atoms with E-state index < -0.39 is 5.97 Å². The van der Waals surface area contributed by atoms with Gasteiger partial charge in [-0.3, -0.25) is 9.59 Å². The van der Waals surface area contributed by atoms with Crippen LogP contribution < -0.4 is 10.5 Å². The molecule has 0 radical (unpaired) electrons. The summed E-state index contributed by atoms with van der Waals surface area (Å²) < 4.78 is 10.5. The van der Waals surface area contributed by atoms with Crippen molar-refractivity contribution in [2.45, 2.75) is 6.92 Å². The number of fused-ring (bicyclic) bond motifs is 1. The van der Waals surface area contributed by atoms with Crippen LogP contribution in [0.3, 0.4) is 0 Å². The van der Waals surface area contributed by atoms with Crippen molar-refractivity contribution in [1.29, 1.82) is 0 Å². The van der Waals surface area contributed by atoms with E-state index in [1.54, 1.807) is 36.4 Å². The molecular formula is C17H13NO4. The van der Waals surface area contributed by atoms with Crippen LogP contribution in [-0.4, -0.2) is 11.8 Å². The van der Waals surface area contributed by atoms with Gasteiger partial charge in [0.2, 0.25) is 5.78 Å². The summed E-state index contributed by atoms with van der Waals surface area (Å²) in [5.74, 6) is -0.426. The fourth-order valence-electron chi connectivity index (χ4n) is 2.23. The SMILES string of the molecule is CC(=O)Oc1cccc(C(=O)c2oc3ccccc3c2N)c1. The Kier molecular flexibility index (Phi) is 3.39. The van der Waals surface area contributed by atoms with Crippen LogP contribution in [-0.2, 0) is 4.79 Å². The molecule has 2 N–H and O–H groups in total. The van der Waals surface area contributed by atoms with E-state index in [0.717, 1.165) is 0 Å². The number of hydrogen-bond acceptors (Lipinski definition) is 5. The van der Waals surface area contributed by atoms with Gasteiger partial charge in [0, 0.05) is 17.9 Å². The summed E-state index contributed by atoms with van der Waals surface area (Å²) in [6, 6.07) is 13.5. The number of nitrogen functional groups attached to an aromatic ring is 1. The molecular weight excluding hydrogens is 282 g/mol. The highest BCUT2D eigenvalue weighted by molar-refractivity contribution is 6.14. The van der Waals surface area contributed by atoms with Crippen LogP contribution in [0.1, 0.15) is 23.0 Å². The molecule has 2 aromatic carbocycles. The minimum Gasteiger partial charge on any atom is -0.450 e.